The smallest absolute Gasteiger partial charge is 0.324 e. The fourth-order valence-corrected chi connectivity index (χ4v) is 3.04. The Morgan fingerprint density at radius 3 is 2.90 bits per heavy atom. The number of carbonyl (C=O) groups excluding carboxylic acids is 1. The molecule has 0 spiro atoms. The minimum Gasteiger partial charge on any atom is -0.346 e. The highest BCUT2D eigenvalue weighted by Crippen LogP contribution is 2.24. The highest BCUT2D eigenvalue weighted by atomic mass is 32.1. The molecule has 6 nitrogen and oxygen atoms in total. The van der Waals surface area contributed by atoms with Crippen molar-refractivity contribution < 1.29 is 9.72 Å². The Bertz CT molecular complexity index is 724. The SMILES string of the molecule is NCC#Cc1ccsc1CNC(=O)c1ccc([N+](=O)[O-])s1. The predicted octanol–water partition coefficient (Wildman–Crippen LogP) is 1.96. The zero-order valence-corrected chi connectivity index (χ0v) is 12.4. The zero-order chi connectivity index (χ0) is 15.2. The van der Waals surface area contributed by atoms with E-state index in [1.165, 1.54) is 23.5 Å². The molecule has 2 heterocycles. The van der Waals surface area contributed by atoms with Crippen LogP contribution in [0.3, 0.4) is 0 Å². The average molecular weight is 321 g/mol. The zero-order valence-electron chi connectivity index (χ0n) is 10.8. The summed E-state index contributed by atoms with van der Waals surface area (Å²) in [5, 5.41) is 15.2. The molecule has 0 bridgehead atoms. The second-order valence-corrected chi connectivity index (χ2v) is 5.90. The molecule has 0 fully saturated rings. The molecule has 1 amide bonds. The highest BCUT2D eigenvalue weighted by Gasteiger charge is 2.15. The molecule has 0 atom stereocenters. The number of hydrogen-bond acceptors (Lipinski definition) is 6. The standard InChI is InChI=1S/C13H11N3O3S2/c14-6-1-2-9-5-7-20-11(9)8-15-13(17)10-3-4-12(21-10)16(18)19/h3-5,7H,6,8,14H2,(H,15,17). The Kier molecular flexibility index (Phi) is 5.05. The van der Waals surface area contributed by atoms with Gasteiger partial charge in [-0.2, -0.15) is 0 Å². The van der Waals surface area contributed by atoms with Gasteiger partial charge in [0.1, 0.15) is 0 Å². The maximum absolute atomic E-state index is 11.9. The predicted molar refractivity (Wildman–Crippen MR) is 82.4 cm³/mol. The maximum Gasteiger partial charge on any atom is 0.324 e. The van der Waals surface area contributed by atoms with Crippen molar-refractivity contribution >= 4 is 33.6 Å². The van der Waals surface area contributed by atoms with Crippen molar-refractivity contribution in [2.75, 3.05) is 6.54 Å². The minimum atomic E-state index is -0.513. The van der Waals surface area contributed by atoms with Crippen LogP contribution in [-0.4, -0.2) is 17.4 Å². The van der Waals surface area contributed by atoms with Crippen LogP contribution in [0, 0.1) is 22.0 Å². The molecule has 0 saturated heterocycles. The van der Waals surface area contributed by atoms with E-state index in [-0.39, 0.29) is 17.5 Å². The quantitative estimate of drug-likeness (QED) is 0.511. The van der Waals surface area contributed by atoms with Crippen molar-refractivity contribution in [1.82, 2.24) is 5.32 Å². The van der Waals surface area contributed by atoms with Gasteiger partial charge in [0.25, 0.3) is 5.91 Å². The Labute approximate surface area is 128 Å². The molecule has 8 heteroatoms. The average Bonchev–Trinajstić information content (AvgIpc) is 3.11. The van der Waals surface area contributed by atoms with Crippen molar-refractivity contribution in [3.05, 3.63) is 49.0 Å². The molecule has 2 rings (SSSR count). The Hall–Kier alpha value is -2.21. The van der Waals surface area contributed by atoms with Gasteiger partial charge in [0.2, 0.25) is 0 Å². The monoisotopic (exact) mass is 321 g/mol. The summed E-state index contributed by atoms with van der Waals surface area (Å²) in [6, 6.07) is 4.63. The fourth-order valence-electron chi connectivity index (χ4n) is 1.53. The maximum atomic E-state index is 11.9. The highest BCUT2D eigenvalue weighted by molar-refractivity contribution is 7.17. The van der Waals surface area contributed by atoms with E-state index in [4.69, 9.17) is 5.73 Å². The van der Waals surface area contributed by atoms with Crippen LogP contribution in [-0.2, 0) is 6.54 Å². The van der Waals surface area contributed by atoms with Gasteiger partial charge in [-0.25, -0.2) is 0 Å². The largest absolute Gasteiger partial charge is 0.346 e. The molecule has 0 unspecified atom stereocenters. The van der Waals surface area contributed by atoms with Gasteiger partial charge >= 0.3 is 5.00 Å². The Balaban J connectivity index is 2.01. The summed E-state index contributed by atoms with van der Waals surface area (Å²) >= 11 is 2.34. The van der Waals surface area contributed by atoms with Gasteiger partial charge in [0, 0.05) is 16.5 Å². The molecule has 21 heavy (non-hydrogen) atoms. The summed E-state index contributed by atoms with van der Waals surface area (Å²) in [5.41, 5.74) is 6.16. The van der Waals surface area contributed by atoms with E-state index in [1.54, 1.807) is 0 Å². The van der Waals surface area contributed by atoms with Crippen LogP contribution in [0.15, 0.2) is 23.6 Å². The molecule has 0 radical (unpaired) electrons. The molecule has 0 aromatic carbocycles. The van der Waals surface area contributed by atoms with E-state index >= 15 is 0 Å². The third-order valence-electron chi connectivity index (χ3n) is 2.48. The van der Waals surface area contributed by atoms with E-state index in [0.717, 1.165) is 21.8 Å². The number of amides is 1. The van der Waals surface area contributed by atoms with E-state index in [9.17, 15) is 14.9 Å². The van der Waals surface area contributed by atoms with E-state index in [2.05, 4.69) is 17.2 Å². The number of nitro groups is 1. The minimum absolute atomic E-state index is 0.0502. The first-order valence-electron chi connectivity index (χ1n) is 5.89. The lowest BCUT2D eigenvalue weighted by Gasteiger charge is -2.01. The van der Waals surface area contributed by atoms with E-state index in [1.807, 2.05) is 11.4 Å². The Morgan fingerprint density at radius 1 is 1.43 bits per heavy atom. The van der Waals surface area contributed by atoms with Crippen molar-refractivity contribution in [2.45, 2.75) is 6.54 Å². The van der Waals surface area contributed by atoms with Gasteiger partial charge in [0.05, 0.1) is 22.9 Å². The van der Waals surface area contributed by atoms with E-state index < -0.39 is 4.92 Å². The number of nitrogens with two attached hydrogens (primary N) is 1. The number of thiophene rings is 2. The molecule has 0 aliphatic heterocycles. The van der Waals surface area contributed by atoms with Crippen LogP contribution in [0.25, 0.3) is 0 Å². The molecular formula is C13H11N3O3S2. The van der Waals surface area contributed by atoms with Gasteiger partial charge in [-0.15, -0.1) is 11.3 Å². The molecule has 108 valence electrons. The van der Waals surface area contributed by atoms with Crippen LogP contribution in [0.2, 0.25) is 0 Å². The molecule has 0 saturated carbocycles. The van der Waals surface area contributed by atoms with Crippen LogP contribution in [0.4, 0.5) is 5.00 Å². The fraction of sp³-hybridized carbons (Fsp3) is 0.154. The molecule has 0 aliphatic carbocycles. The van der Waals surface area contributed by atoms with Crippen LogP contribution in [0.5, 0.6) is 0 Å². The lowest BCUT2D eigenvalue weighted by atomic mass is 10.2. The topological polar surface area (TPSA) is 98.3 Å². The first-order chi connectivity index (χ1) is 10.1. The summed E-state index contributed by atoms with van der Waals surface area (Å²) in [4.78, 5) is 23.2. The molecule has 2 aromatic heterocycles. The van der Waals surface area contributed by atoms with Crippen molar-refractivity contribution in [3.63, 3.8) is 0 Å². The molecular weight excluding hydrogens is 310 g/mol. The number of nitrogens with zero attached hydrogens (tertiary/aromatic N) is 1. The third kappa shape index (κ3) is 3.88. The summed E-state index contributed by atoms with van der Waals surface area (Å²) in [5.74, 6) is 5.36. The normalized spacial score (nSPS) is 9.76. The first kappa shape index (κ1) is 15.2. The first-order valence-corrected chi connectivity index (χ1v) is 7.59. The molecule has 0 aliphatic rings. The van der Waals surface area contributed by atoms with E-state index in [0.29, 0.717) is 11.4 Å². The molecule has 2 aromatic rings. The number of rotatable bonds is 4. The third-order valence-corrected chi connectivity index (χ3v) is 4.43. The Morgan fingerprint density at radius 2 is 2.24 bits per heavy atom. The molecule has 3 N–H and O–H groups in total. The van der Waals surface area contributed by atoms with Crippen LogP contribution < -0.4 is 11.1 Å². The summed E-state index contributed by atoms with van der Waals surface area (Å²) in [6.07, 6.45) is 0. The number of hydrogen-bond donors (Lipinski definition) is 2. The number of carbonyl (C=O) groups is 1. The summed E-state index contributed by atoms with van der Waals surface area (Å²) < 4.78 is 0. The van der Waals surface area contributed by atoms with Gasteiger partial charge in [-0.3, -0.25) is 14.9 Å². The second-order valence-electron chi connectivity index (χ2n) is 3.84. The summed E-state index contributed by atoms with van der Waals surface area (Å²) in [6.45, 7) is 0.608. The van der Waals surface area contributed by atoms with Crippen molar-refractivity contribution in [3.8, 4) is 11.8 Å². The van der Waals surface area contributed by atoms with Crippen LogP contribution in [0.1, 0.15) is 20.1 Å². The van der Waals surface area contributed by atoms with Crippen LogP contribution >= 0.6 is 22.7 Å². The second kappa shape index (κ2) is 6.99. The summed E-state index contributed by atoms with van der Waals surface area (Å²) in [7, 11) is 0. The van der Waals surface area contributed by atoms with Gasteiger partial charge in [0.15, 0.2) is 0 Å². The number of nitrogens with one attached hydrogen (secondary N) is 1. The van der Waals surface area contributed by atoms with Gasteiger partial charge in [-0.05, 0) is 17.5 Å². The lowest BCUT2D eigenvalue weighted by Crippen LogP contribution is -2.21. The lowest BCUT2D eigenvalue weighted by molar-refractivity contribution is -0.380. The van der Waals surface area contributed by atoms with Crippen molar-refractivity contribution in [1.29, 1.82) is 0 Å². The van der Waals surface area contributed by atoms with Gasteiger partial charge < -0.3 is 11.1 Å². The van der Waals surface area contributed by atoms with Crippen molar-refractivity contribution in [2.24, 2.45) is 5.73 Å². The van der Waals surface area contributed by atoms with Gasteiger partial charge in [-0.1, -0.05) is 23.2 Å².